The van der Waals surface area contributed by atoms with Gasteiger partial charge in [-0.1, -0.05) is 12.1 Å². The van der Waals surface area contributed by atoms with E-state index in [0.717, 1.165) is 22.2 Å². The Morgan fingerprint density at radius 2 is 2.00 bits per heavy atom. The maximum Gasteiger partial charge on any atom is 0.441 e. The molecule has 0 amide bonds. The Bertz CT molecular complexity index is 584. The summed E-state index contributed by atoms with van der Waals surface area (Å²) in [6.45, 7) is 2.82. The van der Waals surface area contributed by atoms with E-state index in [4.69, 9.17) is 0 Å². The molecule has 0 radical (unpaired) electrons. The monoisotopic (exact) mass is 300 g/mol. The van der Waals surface area contributed by atoms with Gasteiger partial charge in [0.05, 0.1) is 5.52 Å². The van der Waals surface area contributed by atoms with Crippen LogP contribution in [0.4, 0.5) is 13.2 Å². The number of nitrogens with one attached hydrogen (secondary N) is 1. The summed E-state index contributed by atoms with van der Waals surface area (Å²) < 4.78 is 35.8. The Morgan fingerprint density at radius 1 is 1.20 bits per heavy atom. The number of nitrogens with zero attached hydrogens (tertiary/aromatic N) is 1. The number of pyridine rings is 1. The van der Waals surface area contributed by atoms with Crippen LogP contribution in [-0.4, -0.2) is 22.8 Å². The number of aryl methyl sites for hydroxylation is 1. The van der Waals surface area contributed by atoms with Gasteiger partial charge in [0.1, 0.15) is 0 Å². The molecule has 0 aliphatic carbocycles. The molecule has 1 N–H and O–H groups in total. The molecule has 1 aromatic heterocycles. The molecule has 2 rings (SSSR count). The zero-order valence-corrected chi connectivity index (χ0v) is 11.8. The summed E-state index contributed by atoms with van der Waals surface area (Å²) >= 11 is 0.000362. The lowest BCUT2D eigenvalue weighted by Crippen LogP contribution is -2.18. The molecule has 0 unspecified atom stereocenters. The van der Waals surface area contributed by atoms with Gasteiger partial charge in [-0.15, -0.1) is 0 Å². The van der Waals surface area contributed by atoms with Crippen molar-refractivity contribution in [2.75, 3.05) is 12.3 Å². The van der Waals surface area contributed by atoms with Gasteiger partial charge in [0.2, 0.25) is 0 Å². The van der Waals surface area contributed by atoms with Crippen molar-refractivity contribution >= 4 is 22.7 Å². The van der Waals surface area contributed by atoms with E-state index < -0.39 is 5.51 Å². The Morgan fingerprint density at radius 3 is 2.75 bits per heavy atom. The van der Waals surface area contributed by atoms with Crippen molar-refractivity contribution in [1.29, 1.82) is 0 Å². The average Bonchev–Trinajstić information content (AvgIpc) is 2.37. The van der Waals surface area contributed by atoms with Crippen molar-refractivity contribution in [3.63, 3.8) is 0 Å². The van der Waals surface area contributed by atoms with E-state index in [1.54, 1.807) is 0 Å². The molecule has 1 aromatic carbocycles. The zero-order chi connectivity index (χ0) is 14.6. The zero-order valence-electron chi connectivity index (χ0n) is 11.0. The predicted molar refractivity (Wildman–Crippen MR) is 76.7 cm³/mol. The summed E-state index contributed by atoms with van der Waals surface area (Å²) in [4.78, 5) is 4.40. The first-order valence-electron chi connectivity index (χ1n) is 6.22. The second-order valence-electron chi connectivity index (χ2n) is 4.45. The van der Waals surface area contributed by atoms with Gasteiger partial charge in [0.25, 0.3) is 0 Å². The van der Waals surface area contributed by atoms with Gasteiger partial charge >= 0.3 is 5.51 Å². The number of hydrogen-bond acceptors (Lipinski definition) is 3. The minimum absolute atomic E-state index is 0.000362. The second kappa shape index (κ2) is 6.45. The number of hydrogen-bond donors (Lipinski definition) is 1. The Hall–Kier alpha value is -1.27. The van der Waals surface area contributed by atoms with Crippen LogP contribution in [0.15, 0.2) is 30.3 Å². The number of fused-ring (bicyclic) bond motifs is 1. The van der Waals surface area contributed by atoms with Crippen molar-refractivity contribution in [2.45, 2.75) is 19.0 Å². The van der Waals surface area contributed by atoms with Crippen LogP contribution >= 0.6 is 11.8 Å². The molecule has 0 bridgehead atoms. The van der Waals surface area contributed by atoms with Crippen molar-refractivity contribution in [2.24, 2.45) is 0 Å². The summed E-state index contributed by atoms with van der Waals surface area (Å²) in [5, 5.41) is 4.05. The molecule has 0 saturated carbocycles. The molecule has 0 aliphatic rings. The lowest BCUT2D eigenvalue weighted by atomic mass is 10.1. The molecule has 20 heavy (non-hydrogen) atoms. The molecule has 0 aliphatic heterocycles. The van der Waals surface area contributed by atoms with Gasteiger partial charge in [0, 0.05) is 29.9 Å². The van der Waals surface area contributed by atoms with E-state index in [2.05, 4.69) is 10.3 Å². The molecular formula is C14H15F3N2S. The number of alkyl halides is 3. The van der Waals surface area contributed by atoms with E-state index in [-0.39, 0.29) is 17.5 Å². The molecule has 2 nitrogen and oxygen atoms in total. The molecule has 0 atom stereocenters. The normalized spacial score (nSPS) is 12.0. The minimum atomic E-state index is -4.14. The van der Waals surface area contributed by atoms with E-state index >= 15 is 0 Å². The predicted octanol–water partition coefficient (Wildman–Crippen LogP) is 3.89. The molecule has 1 heterocycles. The highest BCUT2D eigenvalue weighted by molar-refractivity contribution is 8.00. The number of aromatic nitrogens is 1. The molecule has 0 spiro atoms. The van der Waals surface area contributed by atoms with Gasteiger partial charge in [-0.3, -0.25) is 4.98 Å². The third-order valence-corrected chi connectivity index (χ3v) is 3.50. The van der Waals surface area contributed by atoms with Crippen LogP contribution in [0.25, 0.3) is 10.9 Å². The van der Waals surface area contributed by atoms with Crippen LogP contribution in [0.2, 0.25) is 0 Å². The molecule has 0 fully saturated rings. The highest BCUT2D eigenvalue weighted by Gasteiger charge is 2.27. The van der Waals surface area contributed by atoms with Crippen molar-refractivity contribution in [1.82, 2.24) is 10.3 Å². The molecule has 108 valence electrons. The number of thioether (sulfide) groups is 1. The molecule has 0 saturated heterocycles. The smallest absolute Gasteiger partial charge is 0.312 e. The largest absolute Gasteiger partial charge is 0.441 e. The Balaban J connectivity index is 1.86. The maximum absolute atomic E-state index is 11.9. The van der Waals surface area contributed by atoms with Gasteiger partial charge < -0.3 is 5.32 Å². The quantitative estimate of drug-likeness (QED) is 0.848. The fourth-order valence-electron chi connectivity index (χ4n) is 1.86. The van der Waals surface area contributed by atoms with E-state index in [9.17, 15) is 13.2 Å². The first-order valence-corrected chi connectivity index (χ1v) is 7.20. The maximum atomic E-state index is 11.9. The lowest BCUT2D eigenvalue weighted by Gasteiger charge is -2.08. The first-order chi connectivity index (χ1) is 9.44. The van der Waals surface area contributed by atoms with Crippen LogP contribution in [-0.2, 0) is 6.54 Å². The summed E-state index contributed by atoms with van der Waals surface area (Å²) in [5.41, 5.74) is -1.21. The number of halogens is 3. The van der Waals surface area contributed by atoms with Gasteiger partial charge in [0.15, 0.2) is 0 Å². The second-order valence-corrected chi connectivity index (χ2v) is 5.61. The SMILES string of the molecule is Cc1ccc2cc(CNCCSC(F)(F)F)ccc2n1. The fourth-order valence-corrected chi connectivity index (χ4v) is 2.34. The minimum Gasteiger partial charge on any atom is -0.312 e. The highest BCUT2D eigenvalue weighted by atomic mass is 32.2. The van der Waals surface area contributed by atoms with Crippen LogP contribution < -0.4 is 5.32 Å². The standard InChI is InChI=1S/C14H15F3N2S/c1-10-2-4-12-8-11(3-5-13(12)19-10)9-18-6-7-20-14(15,16)17/h2-5,8,18H,6-7,9H2,1H3. The summed E-state index contributed by atoms with van der Waals surface area (Å²) in [6, 6.07) is 9.83. The lowest BCUT2D eigenvalue weighted by molar-refractivity contribution is -0.0327. The van der Waals surface area contributed by atoms with Gasteiger partial charge in [-0.05, 0) is 42.4 Å². The highest BCUT2D eigenvalue weighted by Crippen LogP contribution is 2.29. The van der Waals surface area contributed by atoms with Crippen molar-refractivity contribution in [3.05, 3.63) is 41.6 Å². The van der Waals surface area contributed by atoms with Gasteiger partial charge in [-0.25, -0.2) is 0 Å². The van der Waals surface area contributed by atoms with E-state index in [1.165, 1.54) is 0 Å². The number of benzene rings is 1. The van der Waals surface area contributed by atoms with Crippen LogP contribution in [0.3, 0.4) is 0 Å². The summed E-state index contributed by atoms with van der Waals surface area (Å²) in [5.74, 6) is 0.0256. The average molecular weight is 300 g/mol. The van der Waals surface area contributed by atoms with Crippen LogP contribution in [0.5, 0.6) is 0 Å². The molecular weight excluding hydrogens is 285 g/mol. The third kappa shape index (κ3) is 4.68. The Kier molecular flexibility index (Phi) is 4.88. The first kappa shape index (κ1) is 15.1. The fraction of sp³-hybridized carbons (Fsp3) is 0.357. The molecule has 2 aromatic rings. The van der Waals surface area contributed by atoms with Crippen LogP contribution in [0.1, 0.15) is 11.3 Å². The van der Waals surface area contributed by atoms with Crippen molar-refractivity contribution in [3.8, 4) is 0 Å². The van der Waals surface area contributed by atoms with E-state index in [1.807, 2.05) is 37.3 Å². The third-order valence-electron chi connectivity index (χ3n) is 2.77. The van der Waals surface area contributed by atoms with Crippen molar-refractivity contribution < 1.29 is 13.2 Å². The molecule has 6 heteroatoms. The summed E-state index contributed by atoms with van der Waals surface area (Å²) in [6.07, 6.45) is 0. The Labute approximate surface area is 119 Å². The van der Waals surface area contributed by atoms with Crippen LogP contribution in [0, 0.1) is 6.92 Å². The summed E-state index contributed by atoms with van der Waals surface area (Å²) in [7, 11) is 0. The van der Waals surface area contributed by atoms with Gasteiger partial charge in [-0.2, -0.15) is 13.2 Å². The number of rotatable bonds is 5. The topological polar surface area (TPSA) is 24.9 Å². The van der Waals surface area contributed by atoms with E-state index in [0.29, 0.717) is 13.1 Å².